The topological polar surface area (TPSA) is 83.8 Å². The number of methoxy groups -OCH3 is 1. The van der Waals surface area contributed by atoms with E-state index in [1.54, 1.807) is 0 Å². The Labute approximate surface area is 148 Å². The molecule has 0 amide bonds. The predicted octanol–water partition coefficient (Wildman–Crippen LogP) is 3.27. The molecule has 25 heavy (non-hydrogen) atoms. The Hall–Kier alpha value is -2.14. The van der Waals surface area contributed by atoms with E-state index in [2.05, 4.69) is 6.58 Å². The highest BCUT2D eigenvalue weighted by Crippen LogP contribution is 2.51. The first kappa shape index (κ1) is 19.2. The average Bonchev–Trinajstić information content (AvgIpc) is 2.60. The number of ether oxygens (including phenoxy) is 1. The van der Waals surface area contributed by atoms with Gasteiger partial charge in [-0.05, 0) is 49.1 Å². The molecule has 0 aromatic heterocycles. The van der Waals surface area contributed by atoms with Crippen LogP contribution in [0.1, 0.15) is 49.7 Å². The van der Waals surface area contributed by atoms with E-state index in [9.17, 15) is 19.8 Å². The fourth-order valence-electron chi connectivity index (χ4n) is 4.03. The molecule has 0 saturated heterocycles. The van der Waals surface area contributed by atoms with Crippen molar-refractivity contribution in [2.75, 3.05) is 7.11 Å². The molecule has 1 fully saturated rings. The number of esters is 1. The second kappa shape index (κ2) is 7.83. The standard InChI is InChI=1S/C20H26O5/c1-13(2)16-8-9-20(11-18(22)23,19(24)25-3)10-17(16)15-6-4-14(12-21)5-7-15/h4-7,16-17,21H,1,8-12H2,2-3H3,(H,22,23)/t16-,17-,20-/m0/s1. The Morgan fingerprint density at radius 2 is 1.96 bits per heavy atom. The summed E-state index contributed by atoms with van der Waals surface area (Å²) in [5.41, 5.74) is 1.87. The molecule has 2 N–H and O–H groups in total. The summed E-state index contributed by atoms with van der Waals surface area (Å²) in [7, 11) is 1.31. The first-order valence-electron chi connectivity index (χ1n) is 8.48. The molecule has 1 saturated carbocycles. The fraction of sp³-hybridized carbons (Fsp3) is 0.500. The third-order valence-electron chi connectivity index (χ3n) is 5.36. The molecule has 0 radical (unpaired) electrons. The molecular formula is C20H26O5. The minimum absolute atomic E-state index is 0.00237. The van der Waals surface area contributed by atoms with Crippen LogP contribution < -0.4 is 0 Å². The van der Waals surface area contributed by atoms with Crippen molar-refractivity contribution < 1.29 is 24.5 Å². The SMILES string of the molecule is C=C(C)[C@@H]1CC[C@](CC(=O)O)(C(=O)OC)C[C@H]1c1ccc(CO)cc1. The van der Waals surface area contributed by atoms with E-state index < -0.39 is 17.4 Å². The van der Waals surface area contributed by atoms with Crippen LogP contribution in [0.15, 0.2) is 36.4 Å². The van der Waals surface area contributed by atoms with Crippen LogP contribution in [0.4, 0.5) is 0 Å². The Morgan fingerprint density at radius 1 is 1.32 bits per heavy atom. The van der Waals surface area contributed by atoms with Gasteiger partial charge in [-0.25, -0.2) is 0 Å². The van der Waals surface area contributed by atoms with Crippen LogP contribution in [0.2, 0.25) is 0 Å². The summed E-state index contributed by atoms with van der Waals surface area (Å²) in [6.07, 6.45) is 1.37. The molecule has 136 valence electrons. The maximum atomic E-state index is 12.4. The Morgan fingerprint density at radius 3 is 2.44 bits per heavy atom. The predicted molar refractivity (Wildman–Crippen MR) is 94.0 cm³/mol. The smallest absolute Gasteiger partial charge is 0.312 e. The molecule has 1 aliphatic rings. The molecule has 0 heterocycles. The number of aliphatic hydroxyl groups excluding tert-OH is 1. The number of hydrogen-bond acceptors (Lipinski definition) is 4. The van der Waals surface area contributed by atoms with Crippen LogP contribution in [0.3, 0.4) is 0 Å². The van der Waals surface area contributed by atoms with Crippen molar-refractivity contribution in [1.82, 2.24) is 0 Å². The minimum Gasteiger partial charge on any atom is -0.481 e. The van der Waals surface area contributed by atoms with Crippen LogP contribution in [0, 0.1) is 11.3 Å². The van der Waals surface area contributed by atoms with Gasteiger partial charge in [-0.2, -0.15) is 0 Å². The fourth-order valence-corrected chi connectivity index (χ4v) is 4.03. The van der Waals surface area contributed by atoms with Crippen LogP contribution in [0.5, 0.6) is 0 Å². The minimum atomic E-state index is -1.01. The summed E-state index contributed by atoms with van der Waals surface area (Å²) in [6, 6.07) is 7.60. The lowest BCUT2D eigenvalue weighted by molar-refractivity contribution is -0.161. The second-order valence-electron chi connectivity index (χ2n) is 7.04. The monoisotopic (exact) mass is 346 g/mol. The van der Waals surface area contributed by atoms with Gasteiger partial charge < -0.3 is 14.9 Å². The van der Waals surface area contributed by atoms with Gasteiger partial charge in [0.15, 0.2) is 0 Å². The van der Waals surface area contributed by atoms with Gasteiger partial charge in [0, 0.05) is 0 Å². The van der Waals surface area contributed by atoms with Crippen molar-refractivity contribution >= 4 is 11.9 Å². The lowest BCUT2D eigenvalue weighted by atomic mass is 9.61. The van der Waals surface area contributed by atoms with Crippen LogP contribution in [-0.2, 0) is 20.9 Å². The Bertz CT molecular complexity index is 649. The summed E-state index contributed by atoms with van der Waals surface area (Å²) in [5, 5.41) is 18.5. The third kappa shape index (κ3) is 4.10. The lowest BCUT2D eigenvalue weighted by Gasteiger charge is -2.43. The van der Waals surface area contributed by atoms with Gasteiger partial charge in [0.25, 0.3) is 0 Å². The molecule has 0 unspecified atom stereocenters. The average molecular weight is 346 g/mol. The van der Waals surface area contributed by atoms with E-state index in [1.165, 1.54) is 7.11 Å². The first-order chi connectivity index (χ1) is 11.8. The maximum absolute atomic E-state index is 12.4. The number of carboxylic acids is 1. The highest BCUT2D eigenvalue weighted by molar-refractivity contribution is 5.83. The van der Waals surface area contributed by atoms with Gasteiger partial charge in [0.1, 0.15) is 0 Å². The summed E-state index contributed by atoms with van der Waals surface area (Å²) in [4.78, 5) is 23.8. The summed E-state index contributed by atoms with van der Waals surface area (Å²) < 4.78 is 4.95. The highest BCUT2D eigenvalue weighted by Gasteiger charge is 2.48. The highest BCUT2D eigenvalue weighted by atomic mass is 16.5. The molecule has 3 atom stereocenters. The van der Waals surface area contributed by atoms with Crippen molar-refractivity contribution in [3.8, 4) is 0 Å². The first-order valence-corrected chi connectivity index (χ1v) is 8.48. The molecule has 0 bridgehead atoms. The number of carbonyl (C=O) groups excluding carboxylic acids is 1. The molecular weight excluding hydrogens is 320 g/mol. The zero-order chi connectivity index (χ0) is 18.6. The van der Waals surface area contributed by atoms with Crippen LogP contribution in [0.25, 0.3) is 0 Å². The zero-order valence-corrected chi connectivity index (χ0v) is 14.8. The van der Waals surface area contributed by atoms with Crippen molar-refractivity contribution in [2.45, 2.75) is 45.1 Å². The number of carbonyl (C=O) groups is 2. The summed E-state index contributed by atoms with van der Waals surface area (Å²) in [6.45, 7) is 6.04. The van der Waals surface area contributed by atoms with Gasteiger partial charge in [0.2, 0.25) is 0 Å². The number of aliphatic carboxylic acids is 1. The van der Waals surface area contributed by atoms with E-state index in [1.807, 2.05) is 31.2 Å². The zero-order valence-electron chi connectivity index (χ0n) is 14.8. The molecule has 1 aromatic rings. The van der Waals surface area contributed by atoms with Crippen molar-refractivity contribution in [1.29, 1.82) is 0 Å². The Balaban J connectivity index is 2.41. The number of allylic oxidation sites excluding steroid dienone is 1. The van der Waals surface area contributed by atoms with Gasteiger partial charge >= 0.3 is 11.9 Å². The molecule has 5 nitrogen and oxygen atoms in total. The van der Waals surface area contributed by atoms with Crippen molar-refractivity contribution in [3.05, 3.63) is 47.5 Å². The summed E-state index contributed by atoms with van der Waals surface area (Å²) >= 11 is 0. The summed E-state index contributed by atoms with van der Waals surface area (Å²) in [5.74, 6) is -1.26. The van der Waals surface area contributed by atoms with Crippen molar-refractivity contribution in [3.63, 3.8) is 0 Å². The van der Waals surface area contributed by atoms with E-state index in [0.29, 0.717) is 19.3 Å². The molecule has 1 aliphatic carbocycles. The lowest BCUT2D eigenvalue weighted by Crippen LogP contribution is -2.41. The Kier molecular flexibility index (Phi) is 6.01. The number of carboxylic acid groups (broad SMARTS) is 1. The number of aliphatic hydroxyl groups is 1. The van der Waals surface area contributed by atoms with Gasteiger partial charge in [0.05, 0.1) is 25.6 Å². The second-order valence-corrected chi connectivity index (χ2v) is 7.04. The maximum Gasteiger partial charge on any atom is 0.312 e. The van der Waals surface area contributed by atoms with Crippen LogP contribution >= 0.6 is 0 Å². The molecule has 0 spiro atoms. The van der Waals surface area contributed by atoms with E-state index >= 15 is 0 Å². The largest absolute Gasteiger partial charge is 0.481 e. The van der Waals surface area contributed by atoms with E-state index in [0.717, 1.165) is 16.7 Å². The van der Waals surface area contributed by atoms with Gasteiger partial charge in [-0.3, -0.25) is 9.59 Å². The third-order valence-corrected chi connectivity index (χ3v) is 5.36. The molecule has 5 heteroatoms. The number of hydrogen-bond donors (Lipinski definition) is 2. The normalized spacial score (nSPS) is 26.0. The van der Waals surface area contributed by atoms with Gasteiger partial charge in [-0.15, -0.1) is 0 Å². The van der Waals surface area contributed by atoms with Gasteiger partial charge in [-0.1, -0.05) is 36.4 Å². The van der Waals surface area contributed by atoms with E-state index in [-0.39, 0.29) is 24.9 Å². The quantitative estimate of drug-likeness (QED) is 0.610. The van der Waals surface area contributed by atoms with Crippen molar-refractivity contribution in [2.24, 2.45) is 11.3 Å². The number of rotatable bonds is 6. The van der Waals surface area contributed by atoms with E-state index in [4.69, 9.17) is 4.74 Å². The molecule has 1 aromatic carbocycles. The molecule has 0 aliphatic heterocycles. The number of benzene rings is 1. The van der Waals surface area contributed by atoms with Crippen LogP contribution in [-0.4, -0.2) is 29.3 Å². The molecule has 2 rings (SSSR count).